The maximum Gasteiger partial charge on any atom is 0.329 e. The van der Waals surface area contributed by atoms with Crippen LogP contribution in [0.4, 0.5) is 0 Å². The van der Waals surface area contributed by atoms with Crippen LogP contribution in [-0.4, -0.2) is 24.7 Å². The van der Waals surface area contributed by atoms with Gasteiger partial charge in [-0.05, 0) is 38.2 Å². The van der Waals surface area contributed by atoms with E-state index in [9.17, 15) is 9.59 Å². The lowest BCUT2D eigenvalue weighted by molar-refractivity contribution is 0.373. The molecule has 3 aromatic rings. The number of hydrogen-bond donors (Lipinski definition) is 2. The monoisotopic (exact) mass is 432 g/mol. The van der Waals surface area contributed by atoms with Gasteiger partial charge in [0, 0.05) is 18.2 Å². The van der Waals surface area contributed by atoms with E-state index in [0.717, 1.165) is 50.6 Å². The van der Waals surface area contributed by atoms with Gasteiger partial charge in [-0.2, -0.15) is 4.98 Å². The number of halogens is 1. The van der Waals surface area contributed by atoms with E-state index >= 15 is 0 Å². The van der Waals surface area contributed by atoms with E-state index in [-0.39, 0.29) is 18.3 Å². The first-order chi connectivity index (χ1) is 14.0. The van der Waals surface area contributed by atoms with Crippen molar-refractivity contribution in [2.24, 2.45) is 5.73 Å². The topological polar surface area (TPSA) is 133 Å². The van der Waals surface area contributed by atoms with Crippen molar-refractivity contribution in [3.8, 4) is 11.5 Å². The van der Waals surface area contributed by atoms with E-state index in [4.69, 9.17) is 10.3 Å². The van der Waals surface area contributed by atoms with Gasteiger partial charge in [-0.1, -0.05) is 24.9 Å². The van der Waals surface area contributed by atoms with Crippen molar-refractivity contribution in [3.63, 3.8) is 0 Å². The second-order valence-corrected chi connectivity index (χ2v) is 8.26. The second-order valence-electron chi connectivity index (χ2n) is 8.26. The summed E-state index contributed by atoms with van der Waals surface area (Å²) >= 11 is 0. The summed E-state index contributed by atoms with van der Waals surface area (Å²) in [6.45, 7) is 2.44. The lowest BCUT2D eigenvalue weighted by atomic mass is 9.98. The van der Waals surface area contributed by atoms with E-state index in [1.54, 1.807) is 0 Å². The Balaban J connectivity index is 0.00000218. The molecular weight excluding hydrogens is 408 g/mol. The standard InChI is InChI=1S/C20H24N6O3.ClH/c1-2-9-26-15-14(16(27)23-19(26)28)12(10-13(22-15)11-5-6-11)17-24-18(25-29-17)20(21)7-3-4-8-20;/h10-11H,2-9,21H2,1H3,(H,23,27,28);1H. The Bertz CT molecular complexity index is 1200. The predicted octanol–water partition coefficient (Wildman–Crippen LogP) is 2.57. The highest BCUT2D eigenvalue weighted by molar-refractivity contribution is 5.90. The zero-order chi connectivity index (χ0) is 20.2. The lowest BCUT2D eigenvalue weighted by Gasteiger charge is -2.17. The number of nitrogens with zero attached hydrogens (tertiary/aromatic N) is 4. The van der Waals surface area contributed by atoms with Crippen molar-refractivity contribution in [1.29, 1.82) is 0 Å². The number of hydrogen-bond acceptors (Lipinski definition) is 7. The van der Waals surface area contributed by atoms with Crippen LogP contribution in [-0.2, 0) is 12.1 Å². The molecule has 0 spiro atoms. The summed E-state index contributed by atoms with van der Waals surface area (Å²) in [5, 5.41) is 4.44. The van der Waals surface area contributed by atoms with Crippen LogP contribution >= 0.6 is 12.4 Å². The van der Waals surface area contributed by atoms with E-state index in [1.165, 1.54) is 4.57 Å². The number of fused-ring (bicyclic) bond motifs is 1. The van der Waals surface area contributed by atoms with Gasteiger partial charge in [-0.15, -0.1) is 12.4 Å². The number of nitrogens with two attached hydrogens (primary N) is 1. The molecule has 0 amide bonds. The number of aryl methyl sites for hydroxylation is 1. The van der Waals surface area contributed by atoms with Gasteiger partial charge in [-0.3, -0.25) is 14.3 Å². The zero-order valence-corrected chi connectivity index (χ0v) is 17.6. The van der Waals surface area contributed by atoms with E-state index in [1.807, 2.05) is 13.0 Å². The first-order valence-corrected chi connectivity index (χ1v) is 10.3. The van der Waals surface area contributed by atoms with Gasteiger partial charge in [0.25, 0.3) is 11.4 Å². The van der Waals surface area contributed by atoms with Crippen molar-refractivity contribution >= 4 is 23.4 Å². The summed E-state index contributed by atoms with van der Waals surface area (Å²) in [5.41, 5.74) is 6.69. The van der Waals surface area contributed by atoms with Crippen LogP contribution in [0.3, 0.4) is 0 Å². The van der Waals surface area contributed by atoms with Crippen LogP contribution in [0, 0.1) is 0 Å². The molecule has 10 heteroatoms. The van der Waals surface area contributed by atoms with Gasteiger partial charge < -0.3 is 10.3 Å². The zero-order valence-electron chi connectivity index (χ0n) is 16.8. The molecule has 3 heterocycles. The molecule has 2 aliphatic carbocycles. The van der Waals surface area contributed by atoms with E-state index < -0.39 is 16.8 Å². The highest BCUT2D eigenvalue weighted by atomic mass is 35.5. The minimum absolute atomic E-state index is 0. The fraction of sp³-hybridized carbons (Fsp3) is 0.550. The minimum atomic E-state index is -0.583. The van der Waals surface area contributed by atoms with Gasteiger partial charge in [0.15, 0.2) is 11.5 Å². The molecule has 5 rings (SSSR count). The molecule has 0 unspecified atom stereocenters. The van der Waals surface area contributed by atoms with Crippen LogP contribution in [0.1, 0.15) is 69.3 Å². The summed E-state index contributed by atoms with van der Waals surface area (Å²) in [4.78, 5) is 36.8. The maximum absolute atomic E-state index is 12.7. The van der Waals surface area contributed by atoms with Crippen LogP contribution in [0.15, 0.2) is 20.2 Å². The van der Waals surface area contributed by atoms with Gasteiger partial charge in [-0.25, -0.2) is 9.78 Å². The third-order valence-corrected chi connectivity index (χ3v) is 6.01. The molecule has 2 saturated carbocycles. The fourth-order valence-electron chi connectivity index (χ4n) is 4.25. The van der Waals surface area contributed by atoms with Gasteiger partial charge in [0.05, 0.1) is 16.5 Å². The Hall–Kier alpha value is -2.52. The smallest absolute Gasteiger partial charge is 0.329 e. The van der Waals surface area contributed by atoms with Crippen LogP contribution in [0.2, 0.25) is 0 Å². The van der Waals surface area contributed by atoms with Crippen molar-refractivity contribution in [1.82, 2.24) is 24.7 Å². The molecule has 0 atom stereocenters. The molecule has 2 fully saturated rings. The number of pyridine rings is 1. The Morgan fingerprint density at radius 1 is 1.27 bits per heavy atom. The van der Waals surface area contributed by atoms with Crippen molar-refractivity contribution in [2.75, 3.05) is 0 Å². The number of aromatic nitrogens is 5. The fourth-order valence-corrected chi connectivity index (χ4v) is 4.25. The van der Waals surface area contributed by atoms with Gasteiger partial charge >= 0.3 is 5.69 Å². The number of aromatic amines is 1. The van der Waals surface area contributed by atoms with Gasteiger partial charge in [0.1, 0.15) is 0 Å². The molecule has 0 aromatic carbocycles. The quantitative estimate of drug-likeness (QED) is 0.632. The van der Waals surface area contributed by atoms with Crippen molar-refractivity contribution < 1.29 is 4.52 Å². The molecule has 0 radical (unpaired) electrons. The lowest BCUT2D eigenvalue weighted by Crippen LogP contribution is -2.34. The van der Waals surface area contributed by atoms with Crippen LogP contribution in [0.5, 0.6) is 0 Å². The Morgan fingerprint density at radius 2 is 2.00 bits per heavy atom. The third-order valence-electron chi connectivity index (χ3n) is 6.01. The number of nitrogens with one attached hydrogen (secondary N) is 1. The molecule has 30 heavy (non-hydrogen) atoms. The maximum atomic E-state index is 12.7. The number of rotatable bonds is 5. The average molecular weight is 433 g/mol. The SMILES string of the molecule is CCCn1c(=O)[nH]c(=O)c2c(-c3nc(C4(N)CCCC4)no3)cc(C3CC3)nc21.Cl. The highest BCUT2D eigenvalue weighted by Gasteiger charge is 2.36. The molecule has 2 aliphatic rings. The largest absolute Gasteiger partial charge is 0.334 e. The van der Waals surface area contributed by atoms with E-state index in [0.29, 0.717) is 34.9 Å². The Morgan fingerprint density at radius 3 is 2.67 bits per heavy atom. The Kier molecular flexibility index (Phi) is 5.27. The molecule has 0 saturated heterocycles. The van der Waals surface area contributed by atoms with E-state index in [2.05, 4.69) is 20.1 Å². The summed E-state index contributed by atoms with van der Waals surface area (Å²) in [6.07, 6.45) is 6.52. The van der Waals surface area contributed by atoms with Crippen molar-refractivity contribution in [3.05, 3.63) is 38.4 Å². The van der Waals surface area contributed by atoms with Crippen LogP contribution in [0.25, 0.3) is 22.5 Å². The molecular formula is C20H25ClN6O3. The second kappa shape index (κ2) is 7.63. The van der Waals surface area contributed by atoms with Crippen molar-refractivity contribution in [2.45, 2.75) is 69.9 Å². The summed E-state index contributed by atoms with van der Waals surface area (Å²) < 4.78 is 7.09. The molecule has 3 N–H and O–H groups in total. The first kappa shape index (κ1) is 20.7. The Labute approximate surface area is 178 Å². The first-order valence-electron chi connectivity index (χ1n) is 10.3. The summed E-state index contributed by atoms with van der Waals surface area (Å²) in [5.74, 6) is 1.06. The molecule has 3 aromatic heterocycles. The van der Waals surface area contributed by atoms with Crippen LogP contribution < -0.4 is 17.0 Å². The molecule has 160 valence electrons. The van der Waals surface area contributed by atoms with Gasteiger partial charge in [0.2, 0.25) is 0 Å². The summed E-state index contributed by atoms with van der Waals surface area (Å²) in [6, 6.07) is 1.85. The number of H-pyrrole nitrogens is 1. The average Bonchev–Trinajstić information content (AvgIpc) is 3.25. The molecule has 0 aliphatic heterocycles. The minimum Gasteiger partial charge on any atom is -0.334 e. The normalized spacial score (nSPS) is 17.9. The highest BCUT2D eigenvalue weighted by Crippen LogP contribution is 2.41. The molecule has 0 bridgehead atoms. The predicted molar refractivity (Wildman–Crippen MR) is 114 cm³/mol. The third kappa shape index (κ3) is 3.35. The molecule has 9 nitrogen and oxygen atoms in total. The summed E-state index contributed by atoms with van der Waals surface area (Å²) in [7, 11) is 0.